The Morgan fingerprint density at radius 2 is 2.33 bits per heavy atom. The lowest BCUT2D eigenvalue weighted by Crippen LogP contribution is -2.08. The number of fused-ring (bicyclic) bond motifs is 1. The molecule has 4 heteroatoms. The van der Waals surface area contributed by atoms with E-state index in [1.807, 2.05) is 18.5 Å². The average molecular weight is 301 g/mol. The molecule has 0 fully saturated rings. The van der Waals surface area contributed by atoms with Crippen LogP contribution < -0.4 is 0 Å². The summed E-state index contributed by atoms with van der Waals surface area (Å²) in [5, 5.41) is 3.05. The predicted molar refractivity (Wildman–Crippen MR) is 84.3 cm³/mol. The fraction of sp³-hybridized carbons (Fsp3) is 0.412. The number of hydrogen-bond donors (Lipinski definition) is 0. The first kappa shape index (κ1) is 14.3. The molecule has 3 rings (SSSR count). The molecule has 1 heterocycles. The molecule has 1 aliphatic carbocycles. The Morgan fingerprint density at radius 3 is 3.05 bits per heavy atom. The van der Waals surface area contributed by atoms with E-state index in [9.17, 15) is 4.79 Å². The van der Waals surface area contributed by atoms with Gasteiger partial charge in [0.1, 0.15) is 11.1 Å². The predicted octanol–water partition coefficient (Wildman–Crippen LogP) is 4.45. The van der Waals surface area contributed by atoms with Crippen LogP contribution >= 0.6 is 11.3 Å². The number of aromatic nitrogens is 1. The second kappa shape index (κ2) is 5.98. The number of esters is 1. The summed E-state index contributed by atoms with van der Waals surface area (Å²) >= 11 is 1.66. The fourth-order valence-corrected chi connectivity index (χ4v) is 3.69. The van der Waals surface area contributed by atoms with Crippen molar-refractivity contribution in [3.63, 3.8) is 0 Å². The monoisotopic (exact) mass is 301 g/mol. The quantitative estimate of drug-likeness (QED) is 0.783. The first-order valence-electron chi connectivity index (χ1n) is 7.42. The summed E-state index contributed by atoms with van der Waals surface area (Å²) in [6, 6.07) is 4.22. The minimum absolute atomic E-state index is 0.0666. The molecule has 1 aliphatic rings. The molecule has 0 aliphatic heterocycles. The fourth-order valence-electron chi connectivity index (χ4n) is 2.97. The van der Waals surface area contributed by atoms with Crippen molar-refractivity contribution in [2.45, 2.75) is 45.6 Å². The second-order valence-electron chi connectivity index (χ2n) is 5.41. The van der Waals surface area contributed by atoms with E-state index in [4.69, 9.17) is 4.74 Å². The van der Waals surface area contributed by atoms with E-state index in [0.29, 0.717) is 6.42 Å². The zero-order valence-electron chi connectivity index (χ0n) is 12.4. The van der Waals surface area contributed by atoms with Crippen molar-refractivity contribution in [1.82, 2.24) is 4.98 Å². The molecule has 0 amide bonds. The molecule has 21 heavy (non-hydrogen) atoms. The van der Waals surface area contributed by atoms with Gasteiger partial charge in [-0.25, -0.2) is 4.98 Å². The van der Waals surface area contributed by atoms with E-state index in [2.05, 4.69) is 24.0 Å². The number of carbonyl (C=O) groups is 1. The highest BCUT2D eigenvalue weighted by molar-refractivity contribution is 7.13. The molecular formula is C17H19NO2S. The van der Waals surface area contributed by atoms with Crippen molar-refractivity contribution < 1.29 is 9.53 Å². The van der Waals surface area contributed by atoms with E-state index >= 15 is 0 Å². The van der Waals surface area contributed by atoms with Crippen LogP contribution in [0.1, 0.15) is 49.0 Å². The Hall–Kier alpha value is -1.68. The summed E-state index contributed by atoms with van der Waals surface area (Å²) in [4.78, 5) is 16.1. The zero-order chi connectivity index (χ0) is 14.8. The molecule has 1 unspecified atom stereocenters. The largest absolute Gasteiger partial charge is 0.457 e. The number of hydrogen-bond acceptors (Lipinski definition) is 4. The third kappa shape index (κ3) is 2.72. The van der Waals surface area contributed by atoms with E-state index in [-0.39, 0.29) is 12.1 Å². The van der Waals surface area contributed by atoms with Crippen LogP contribution in [0.15, 0.2) is 23.7 Å². The van der Waals surface area contributed by atoms with Crippen molar-refractivity contribution in [3.05, 3.63) is 40.4 Å². The molecular weight excluding hydrogens is 282 g/mol. The summed E-state index contributed by atoms with van der Waals surface area (Å²) in [7, 11) is 0. The number of carbonyl (C=O) groups excluding carboxylic acids is 1. The van der Waals surface area contributed by atoms with Crippen molar-refractivity contribution in [2.24, 2.45) is 0 Å². The molecule has 0 saturated heterocycles. The lowest BCUT2D eigenvalue weighted by molar-refractivity contribution is -0.149. The summed E-state index contributed by atoms with van der Waals surface area (Å²) < 4.78 is 5.61. The molecule has 0 N–H and O–H groups in total. The topological polar surface area (TPSA) is 39.2 Å². The Balaban J connectivity index is 1.88. The minimum atomic E-state index is -0.0861. The van der Waals surface area contributed by atoms with Gasteiger partial charge in [0, 0.05) is 23.6 Å². The van der Waals surface area contributed by atoms with Gasteiger partial charge in [-0.15, -0.1) is 11.3 Å². The molecule has 3 nitrogen and oxygen atoms in total. The van der Waals surface area contributed by atoms with Crippen LogP contribution in [0.5, 0.6) is 0 Å². The van der Waals surface area contributed by atoms with E-state index in [1.165, 1.54) is 22.3 Å². The number of rotatable bonds is 4. The van der Waals surface area contributed by atoms with Gasteiger partial charge in [-0.3, -0.25) is 4.79 Å². The Kier molecular flexibility index (Phi) is 4.06. The Bertz CT molecular complexity index is 649. The van der Waals surface area contributed by atoms with Crippen LogP contribution in [0.25, 0.3) is 10.6 Å². The van der Waals surface area contributed by atoms with Gasteiger partial charge in [-0.1, -0.05) is 19.1 Å². The lowest BCUT2D eigenvalue weighted by Gasteiger charge is -2.14. The van der Waals surface area contributed by atoms with Crippen LogP contribution in [0.4, 0.5) is 0 Å². The van der Waals surface area contributed by atoms with E-state index in [0.717, 1.165) is 24.3 Å². The zero-order valence-corrected chi connectivity index (χ0v) is 13.2. The van der Waals surface area contributed by atoms with Gasteiger partial charge < -0.3 is 4.74 Å². The first-order chi connectivity index (χ1) is 10.2. The molecule has 1 atom stereocenters. The van der Waals surface area contributed by atoms with Gasteiger partial charge in [0.05, 0.1) is 0 Å². The van der Waals surface area contributed by atoms with E-state index < -0.39 is 0 Å². The van der Waals surface area contributed by atoms with Crippen LogP contribution in [-0.4, -0.2) is 11.0 Å². The molecule has 0 spiro atoms. The van der Waals surface area contributed by atoms with Crippen molar-refractivity contribution in [2.75, 3.05) is 0 Å². The number of thiazole rings is 1. The smallest absolute Gasteiger partial charge is 0.306 e. The van der Waals surface area contributed by atoms with Gasteiger partial charge in [-0.2, -0.15) is 0 Å². The van der Waals surface area contributed by atoms with Crippen molar-refractivity contribution in [1.29, 1.82) is 0 Å². The average Bonchev–Trinajstić information content (AvgIpc) is 3.10. The number of nitrogens with zero attached hydrogens (tertiary/aromatic N) is 1. The summed E-state index contributed by atoms with van der Waals surface area (Å²) in [6.07, 6.45) is 4.98. The third-order valence-electron chi connectivity index (χ3n) is 4.03. The maximum atomic E-state index is 11.7. The van der Waals surface area contributed by atoms with Crippen LogP contribution in [0.2, 0.25) is 0 Å². The number of ether oxygens (including phenoxy) is 1. The van der Waals surface area contributed by atoms with E-state index in [1.54, 1.807) is 11.3 Å². The molecule has 1 aromatic heterocycles. The third-order valence-corrected chi connectivity index (χ3v) is 4.84. The van der Waals surface area contributed by atoms with Gasteiger partial charge >= 0.3 is 5.97 Å². The molecule has 2 aromatic rings. The highest BCUT2D eigenvalue weighted by Crippen LogP contribution is 2.39. The Morgan fingerprint density at radius 1 is 1.48 bits per heavy atom. The number of benzene rings is 1. The summed E-state index contributed by atoms with van der Waals surface area (Å²) in [6.45, 7) is 4.14. The highest BCUT2D eigenvalue weighted by Gasteiger charge is 2.28. The lowest BCUT2D eigenvalue weighted by atomic mass is 9.98. The molecule has 0 bridgehead atoms. The maximum absolute atomic E-state index is 11.7. The molecule has 0 saturated carbocycles. The van der Waals surface area contributed by atoms with Crippen LogP contribution in [0.3, 0.4) is 0 Å². The highest BCUT2D eigenvalue weighted by atomic mass is 32.1. The summed E-state index contributed by atoms with van der Waals surface area (Å²) in [5.41, 5.74) is 4.98. The SMILES string of the molecule is CCCC(=O)OC1CCc2c1ccc(-c1nccs1)c2C. The van der Waals surface area contributed by atoms with Crippen molar-refractivity contribution in [3.8, 4) is 10.6 Å². The molecule has 0 radical (unpaired) electrons. The van der Waals surface area contributed by atoms with Crippen LogP contribution in [0, 0.1) is 6.92 Å². The van der Waals surface area contributed by atoms with Crippen molar-refractivity contribution >= 4 is 17.3 Å². The summed E-state index contributed by atoms with van der Waals surface area (Å²) in [5.74, 6) is -0.0861. The molecule has 1 aromatic carbocycles. The first-order valence-corrected chi connectivity index (χ1v) is 8.30. The second-order valence-corrected chi connectivity index (χ2v) is 6.30. The van der Waals surface area contributed by atoms with Gasteiger partial charge in [0.15, 0.2) is 0 Å². The van der Waals surface area contributed by atoms with Gasteiger partial charge in [0.2, 0.25) is 0 Å². The van der Waals surface area contributed by atoms with Gasteiger partial charge in [-0.05, 0) is 42.9 Å². The normalized spacial score (nSPS) is 16.8. The minimum Gasteiger partial charge on any atom is -0.457 e. The van der Waals surface area contributed by atoms with Gasteiger partial charge in [0.25, 0.3) is 0 Å². The Labute approximate surface area is 129 Å². The van der Waals surface area contributed by atoms with Crippen LogP contribution in [-0.2, 0) is 16.0 Å². The maximum Gasteiger partial charge on any atom is 0.306 e. The standard InChI is InChI=1S/C17H19NO2S/c1-3-4-16(19)20-15-8-7-12-11(2)13(5-6-14(12)15)17-18-9-10-21-17/h5-6,9-10,15H,3-4,7-8H2,1-2H3. The molecule has 110 valence electrons.